The first-order valence-corrected chi connectivity index (χ1v) is 10.6. The predicted molar refractivity (Wildman–Crippen MR) is 111 cm³/mol. The normalized spacial score (nSPS) is 30.6. The van der Waals surface area contributed by atoms with Crippen molar-refractivity contribution >= 4 is 16.9 Å². The summed E-state index contributed by atoms with van der Waals surface area (Å²) in [6.45, 7) is 8.44. The number of nitrogens with zero attached hydrogens (tertiary/aromatic N) is 2. The van der Waals surface area contributed by atoms with E-state index in [2.05, 4.69) is 30.2 Å². The van der Waals surface area contributed by atoms with Crippen LogP contribution in [0.4, 0.5) is 0 Å². The smallest absolute Gasteiger partial charge is 0.317 e. The average Bonchev–Trinajstić information content (AvgIpc) is 2.89. The molecular weight excluding hydrogens is 352 g/mol. The highest BCUT2D eigenvalue weighted by Gasteiger charge is 2.56. The summed E-state index contributed by atoms with van der Waals surface area (Å²) in [5.74, 6) is 0.417. The van der Waals surface area contributed by atoms with E-state index in [0.29, 0.717) is 18.3 Å². The molecule has 1 aromatic carbocycles. The van der Waals surface area contributed by atoms with Gasteiger partial charge in [-0.25, -0.2) is 0 Å². The average molecular weight is 385 g/mol. The Bertz CT molecular complexity index is 918. The first-order chi connectivity index (χ1) is 13.3. The van der Waals surface area contributed by atoms with Crippen LogP contribution in [0.5, 0.6) is 5.75 Å². The molecule has 1 fully saturated rings. The molecule has 152 valence electrons. The van der Waals surface area contributed by atoms with Gasteiger partial charge in [0.25, 0.3) is 0 Å². The van der Waals surface area contributed by atoms with Crippen LogP contribution in [0.25, 0.3) is 10.9 Å². The maximum atomic E-state index is 12.9. The summed E-state index contributed by atoms with van der Waals surface area (Å²) >= 11 is 0. The fraction of sp³-hybridized carbons (Fsp3) is 0.609. The van der Waals surface area contributed by atoms with Gasteiger partial charge in [0.1, 0.15) is 11.2 Å². The number of carboxylic acids is 1. The molecule has 2 aliphatic rings. The quantitative estimate of drug-likeness (QED) is 0.839. The third-order valence-electron chi connectivity index (χ3n) is 7.60. The second-order valence-electron chi connectivity index (χ2n) is 9.02. The van der Waals surface area contributed by atoms with Gasteiger partial charge in [-0.2, -0.15) is 0 Å². The topological polar surface area (TPSA) is 65.7 Å². The predicted octanol–water partition coefficient (Wildman–Crippen LogP) is 3.91. The molecule has 28 heavy (non-hydrogen) atoms. The van der Waals surface area contributed by atoms with Gasteiger partial charge in [0.2, 0.25) is 0 Å². The van der Waals surface area contributed by atoms with E-state index in [1.165, 1.54) is 0 Å². The van der Waals surface area contributed by atoms with Gasteiger partial charge >= 0.3 is 5.97 Å². The van der Waals surface area contributed by atoms with Crippen molar-refractivity contribution in [3.05, 3.63) is 29.5 Å². The summed E-state index contributed by atoms with van der Waals surface area (Å²) in [5, 5.41) is 21.7. The summed E-state index contributed by atoms with van der Waals surface area (Å²) in [6.07, 6.45) is 3.78. The van der Waals surface area contributed by atoms with Gasteiger partial charge in [0.05, 0.1) is 0 Å². The lowest BCUT2D eigenvalue weighted by atomic mass is 9.65. The van der Waals surface area contributed by atoms with Crippen molar-refractivity contribution in [2.24, 2.45) is 18.9 Å². The van der Waals surface area contributed by atoms with Gasteiger partial charge in [0.15, 0.2) is 0 Å². The number of aliphatic carboxylic acids is 1. The van der Waals surface area contributed by atoms with Crippen LogP contribution in [0, 0.1) is 11.8 Å². The van der Waals surface area contributed by atoms with Crippen LogP contribution < -0.4 is 0 Å². The fourth-order valence-electron chi connectivity index (χ4n) is 6.02. The fourth-order valence-corrected chi connectivity index (χ4v) is 6.02. The molecule has 0 saturated carbocycles. The number of phenols is 1. The zero-order valence-corrected chi connectivity index (χ0v) is 17.4. The molecule has 4 rings (SSSR count). The molecule has 1 aromatic heterocycles. The zero-order valence-electron chi connectivity index (χ0n) is 17.4. The van der Waals surface area contributed by atoms with E-state index >= 15 is 0 Å². The Labute approximate surface area is 167 Å². The lowest BCUT2D eigenvalue weighted by molar-refractivity contribution is -0.151. The first-order valence-electron chi connectivity index (χ1n) is 10.6. The number of hydrogen-bond acceptors (Lipinski definition) is 3. The summed E-state index contributed by atoms with van der Waals surface area (Å²) < 4.78 is 2.09. The molecule has 0 spiro atoms. The number of hydrogen-bond donors (Lipinski definition) is 2. The summed E-state index contributed by atoms with van der Waals surface area (Å²) in [7, 11) is 1.99. The van der Waals surface area contributed by atoms with Gasteiger partial charge in [-0.1, -0.05) is 26.7 Å². The minimum atomic E-state index is -0.917. The lowest BCUT2D eigenvalue weighted by Gasteiger charge is -2.49. The highest BCUT2D eigenvalue weighted by atomic mass is 16.4. The van der Waals surface area contributed by atoms with Crippen molar-refractivity contribution in [1.29, 1.82) is 0 Å². The molecule has 5 atom stereocenters. The second kappa shape index (κ2) is 6.80. The van der Waals surface area contributed by atoms with Crippen LogP contribution in [-0.4, -0.2) is 44.8 Å². The Hall–Kier alpha value is -2.01. The molecular formula is C23H32N2O3. The number of aryl methyl sites for hydroxylation is 1. The van der Waals surface area contributed by atoms with E-state index in [4.69, 9.17) is 0 Å². The van der Waals surface area contributed by atoms with E-state index in [9.17, 15) is 15.0 Å². The van der Waals surface area contributed by atoms with Gasteiger partial charge in [-0.05, 0) is 55.4 Å². The number of aromatic hydroxyl groups is 1. The molecule has 0 radical (unpaired) electrons. The molecule has 3 heterocycles. The van der Waals surface area contributed by atoms with Crippen LogP contribution in [-0.2, 0) is 23.7 Å². The molecule has 2 bridgehead atoms. The Kier molecular flexibility index (Phi) is 4.69. The highest BCUT2D eigenvalue weighted by Crippen LogP contribution is 2.49. The van der Waals surface area contributed by atoms with Crippen molar-refractivity contribution in [3.63, 3.8) is 0 Å². The van der Waals surface area contributed by atoms with Crippen LogP contribution in [0.3, 0.4) is 0 Å². The van der Waals surface area contributed by atoms with Crippen LogP contribution in [0.2, 0.25) is 0 Å². The van der Waals surface area contributed by atoms with Gasteiger partial charge in [0, 0.05) is 42.8 Å². The van der Waals surface area contributed by atoms with E-state index in [0.717, 1.165) is 54.5 Å². The highest BCUT2D eigenvalue weighted by molar-refractivity contribution is 5.92. The molecule has 1 saturated heterocycles. The molecule has 0 amide bonds. The second-order valence-corrected chi connectivity index (χ2v) is 9.02. The molecule has 2 aromatic rings. The summed E-state index contributed by atoms with van der Waals surface area (Å²) in [6, 6.07) is 5.36. The first kappa shape index (κ1) is 19.3. The number of fused-ring (bicyclic) bond motifs is 6. The van der Waals surface area contributed by atoms with Crippen molar-refractivity contribution in [1.82, 2.24) is 9.47 Å². The third kappa shape index (κ3) is 2.59. The Morgan fingerprint density at radius 3 is 2.82 bits per heavy atom. The lowest BCUT2D eigenvalue weighted by Crippen LogP contribution is -2.60. The Balaban J connectivity index is 1.96. The maximum absolute atomic E-state index is 12.9. The number of phenolic OH excluding ortho intramolecular Hbond substituents is 1. The van der Waals surface area contributed by atoms with Crippen LogP contribution in [0.1, 0.15) is 51.3 Å². The van der Waals surface area contributed by atoms with E-state index in [1.54, 1.807) is 12.1 Å². The number of aromatic nitrogens is 1. The molecule has 5 heteroatoms. The van der Waals surface area contributed by atoms with E-state index < -0.39 is 11.4 Å². The largest absolute Gasteiger partial charge is 0.508 e. The monoisotopic (exact) mass is 384 g/mol. The van der Waals surface area contributed by atoms with Crippen LogP contribution >= 0.6 is 0 Å². The Morgan fingerprint density at radius 2 is 2.14 bits per heavy atom. The van der Waals surface area contributed by atoms with Crippen LogP contribution in [0.15, 0.2) is 18.2 Å². The van der Waals surface area contributed by atoms with Crippen molar-refractivity contribution < 1.29 is 15.0 Å². The minimum absolute atomic E-state index is 0.0482. The van der Waals surface area contributed by atoms with Gasteiger partial charge < -0.3 is 14.8 Å². The molecule has 5 unspecified atom stereocenters. The van der Waals surface area contributed by atoms with Gasteiger partial charge in [-0.3, -0.25) is 9.69 Å². The molecule has 2 N–H and O–H groups in total. The van der Waals surface area contributed by atoms with Crippen molar-refractivity contribution in [3.8, 4) is 5.75 Å². The van der Waals surface area contributed by atoms with Gasteiger partial charge in [-0.15, -0.1) is 0 Å². The SMILES string of the molecule is CCCC(C)C1CN2CCc3c(n(C)c4ccc(O)cc34)C(C(=O)O)(C1)C2C. The summed E-state index contributed by atoms with van der Waals surface area (Å²) in [5.41, 5.74) is 2.14. The number of carbonyl (C=O) groups is 1. The maximum Gasteiger partial charge on any atom is 0.317 e. The van der Waals surface area contributed by atoms with Crippen molar-refractivity contribution in [2.75, 3.05) is 13.1 Å². The molecule has 5 nitrogen and oxygen atoms in total. The standard InChI is InChI=1S/C23H32N2O3/c1-5-6-14(2)16-12-23(22(27)28)15(3)25(13-16)10-9-18-19-11-17(26)7-8-20(19)24(4)21(18)23/h7-8,11,14-16,26H,5-6,9-10,12-13H2,1-4H3,(H,27,28). The van der Waals surface area contributed by atoms with E-state index in [1.807, 2.05) is 13.1 Å². The zero-order chi connectivity index (χ0) is 20.2. The van der Waals surface area contributed by atoms with Crippen molar-refractivity contribution in [2.45, 2.75) is 57.9 Å². The number of rotatable bonds is 4. The molecule has 2 aliphatic heterocycles. The summed E-state index contributed by atoms with van der Waals surface area (Å²) in [4.78, 5) is 15.4. The molecule has 0 aliphatic carbocycles. The Morgan fingerprint density at radius 1 is 1.39 bits per heavy atom. The third-order valence-corrected chi connectivity index (χ3v) is 7.60. The minimum Gasteiger partial charge on any atom is -0.508 e. The van der Waals surface area contributed by atoms with E-state index in [-0.39, 0.29) is 11.8 Å². The number of piperidine rings is 1. The number of carboxylic acid groups (broad SMARTS) is 1. The number of benzene rings is 1.